The third kappa shape index (κ3) is 7.23. The molecule has 43 heavy (non-hydrogen) atoms. The molecular weight excluding hydrogens is 544 g/mol. The van der Waals surface area contributed by atoms with Crippen molar-refractivity contribution in [3.05, 3.63) is 137 Å². The molecule has 0 bridgehead atoms. The topological polar surface area (TPSA) is 119 Å². The number of rotatable bonds is 13. The number of hydrogen-bond acceptors (Lipinski definition) is 7. The number of carboxylic acids is 1. The Kier molecular flexibility index (Phi) is 9.07. The number of hydrogen-bond donors (Lipinski definition) is 2. The Bertz CT molecular complexity index is 1730. The van der Waals surface area contributed by atoms with Crippen molar-refractivity contribution in [2.24, 2.45) is 0 Å². The van der Waals surface area contributed by atoms with Gasteiger partial charge in [0.1, 0.15) is 23.8 Å². The number of para-hydroxylation sites is 1. The fraction of sp³-hybridized carbons (Fsp3) is 0.143. The maximum atomic E-state index is 13.2. The average Bonchev–Trinajstić information content (AvgIpc) is 3.41. The monoisotopic (exact) mass is 574 g/mol. The van der Waals surface area contributed by atoms with Crippen molar-refractivity contribution < 1.29 is 28.6 Å². The Morgan fingerprint density at radius 3 is 2.44 bits per heavy atom. The number of anilines is 1. The third-order valence-corrected chi connectivity index (χ3v) is 6.97. The summed E-state index contributed by atoms with van der Waals surface area (Å²) in [6.45, 7) is 2.29. The number of aryl methyl sites for hydroxylation is 1. The van der Waals surface area contributed by atoms with Gasteiger partial charge in [0.15, 0.2) is 5.78 Å². The summed E-state index contributed by atoms with van der Waals surface area (Å²) in [4.78, 5) is 41.2. The Morgan fingerprint density at radius 2 is 1.70 bits per heavy atom. The van der Waals surface area contributed by atoms with E-state index < -0.39 is 12.0 Å². The maximum Gasteiger partial charge on any atom is 0.326 e. The second-order valence-electron chi connectivity index (χ2n) is 9.99. The molecule has 0 saturated heterocycles. The lowest BCUT2D eigenvalue weighted by Gasteiger charge is -2.18. The van der Waals surface area contributed by atoms with Crippen molar-refractivity contribution in [3.8, 4) is 17.2 Å². The molecule has 8 heteroatoms. The van der Waals surface area contributed by atoms with Gasteiger partial charge in [-0.3, -0.25) is 9.59 Å². The van der Waals surface area contributed by atoms with Crippen molar-refractivity contribution in [2.45, 2.75) is 25.8 Å². The molecule has 0 radical (unpaired) electrons. The number of benzene rings is 4. The Labute approximate surface area is 249 Å². The molecule has 0 aliphatic rings. The number of ketones is 1. The number of nitrogens with one attached hydrogen (secondary N) is 1. The van der Waals surface area contributed by atoms with Crippen LogP contribution in [0.3, 0.4) is 0 Å². The normalized spacial score (nSPS) is 11.5. The lowest BCUT2D eigenvalue weighted by Crippen LogP contribution is -2.32. The van der Waals surface area contributed by atoms with Crippen molar-refractivity contribution in [2.75, 3.05) is 11.9 Å². The first kappa shape index (κ1) is 29.0. The van der Waals surface area contributed by atoms with Crippen LogP contribution >= 0.6 is 0 Å². The molecule has 0 fully saturated rings. The summed E-state index contributed by atoms with van der Waals surface area (Å²) < 4.78 is 11.7. The first-order chi connectivity index (χ1) is 20.9. The van der Waals surface area contributed by atoms with Gasteiger partial charge in [-0.05, 0) is 55.0 Å². The highest BCUT2D eigenvalue weighted by Crippen LogP contribution is 2.24. The quantitative estimate of drug-likeness (QED) is 0.122. The van der Waals surface area contributed by atoms with Gasteiger partial charge < -0.3 is 19.6 Å². The van der Waals surface area contributed by atoms with Crippen LogP contribution in [-0.4, -0.2) is 40.8 Å². The maximum absolute atomic E-state index is 13.2. The minimum atomic E-state index is -1.05. The van der Waals surface area contributed by atoms with Gasteiger partial charge in [-0.15, -0.1) is 0 Å². The Hall–Kier alpha value is -5.50. The van der Waals surface area contributed by atoms with Crippen molar-refractivity contribution in [1.82, 2.24) is 4.98 Å². The largest absolute Gasteiger partial charge is 0.493 e. The second kappa shape index (κ2) is 13.4. The molecule has 2 N–H and O–H groups in total. The fourth-order valence-corrected chi connectivity index (χ4v) is 4.69. The van der Waals surface area contributed by atoms with Crippen LogP contribution in [0.4, 0.5) is 5.69 Å². The van der Waals surface area contributed by atoms with Crippen molar-refractivity contribution in [3.63, 3.8) is 0 Å². The van der Waals surface area contributed by atoms with Crippen LogP contribution in [0.5, 0.6) is 5.75 Å². The third-order valence-electron chi connectivity index (χ3n) is 6.97. The van der Waals surface area contributed by atoms with E-state index in [1.165, 1.54) is 6.07 Å². The zero-order valence-corrected chi connectivity index (χ0v) is 23.5. The molecule has 1 atom stereocenters. The molecule has 5 aromatic rings. The highest BCUT2D eigenvalue weighted by molar-refractivity contribution is 6.13. The highest BCUT2D eigenvalue weighted by Gasteiger charge is 2.22. The zero-order chi connectivity index (χ0) is 30.2. The number of aldehydes is 1. The summed E-state index contributed by atoms with van der Waals surface area (Å²) in [5.74, 6) is 0.625. The minimum absolute atomic E-state index is 0.180. The fourth-order valence-electron chi connectivity index (χ4n) is 4.69. The van der Waals surface area contributed by atoms with E-state index >= 15 is 0 Å². The van der Waals surface area contributed by atoms with Crippen LogP contribution in [0.25, 0.3) is 11.5 Å². The molecule has 8 nitrogen and oxygen atoms in total. The van der Waals surface area contributed by atoms with Gasteiger partial charge >= 0.3 is 5.97 Å². The van der Waals surface area contributed by atoms with E-state index in [4.69, 9.17) is 9.15 Å². The molecule has 0 spiro atoms. The number of carbonyl (C=O) groups is 3. The first-order valence-electron chi connectivity index (χ1n) is 13.8. The summed E-state index contributed by atoms with van der Waals surface area (Å²) in [6, 6.07) is 29.1. The van der Waals surface area contributed by atoms with E-state index in [1.807, 2.05) is 49.4 Å². The number of carboxylic acid groups (broad SMARTS) is 1. The molecule has 1 aromatic heterocycles. The predicted molar refractivity (Wildman–Crippen MR) is 163 cm³/mol. The number of ether oxygens (including phenoxy) is 1. The molecule has 5 rings (SSSR count). The second-order valence-corrected chi connectivity index (χ2v) is 9.99. The van der Waals surface area contributed by atoms with Crippen LogP contribution in [0.2, 0.25) is 0 Å². The van der Waals surface area contributed by atoms with Crippen LogP contribution in [0.15, 0.2) is 108 Å². The van der Waals surface area contributed by atoms with Gasteiger partial charge in [-0.1, -0.05) is 60.7 Å². The predicted octanol–water partition coefficient (Wildman–Crippen LogP) is 6.42. The average molecular weight is 575 g/mol. The van der Waals surface area contributed by atoms with Crippen LogP contribution in [-0.2, 0) is 17.6 Å². The molecule has 0 aliphatic heterocycles. The van der Waals surface area contributed by atoms with Gasteiger partial charge in [0, 0.05) is 40.8 Å². The number of aliphatic carboxylic acids is 1. The highest BCUT2D eigenvalue weighted by atomic mass is 16.5. The van der Waals surface area contributed by atoms with E-state index in [0.717, 1.165) is 22.6 Å². The molecule has 4 aromatic carbocycles. The van der Waals surface area contributed by atoms with Gasteiger partial charge in [-0.25, -0.2) is 9.78 Å². The molecule has 0 aliphatic carbocycles. The van der Waals surface area contributed by atoms with E-state index in [1.54, 1.807) is 54.6 Å². The summed E-state index contributed by atoms with van der Waals surface area (Å²) in [6.07, 6.45) is 1.43. The molecule has 216 valence electrons. The van der Waals surface area contributed by atoms with E-state index in [-0.39, 0.29) is 12.2 Å². The molecule has 0 saturated carbocycles. The lowest BCUT2D eigenvalue weighted by atomic mass is 9.99. The summed E-state index contributed by atoms with van der Waals surface area (Å²) in [5.41, 5.74) is 3.99. The van der Waals surface area contributed by atoms with E-state index in [0.29, 0.717) is 53.3 Å². The van der Waals surface area contributed by atoms with Crippen LogP contribution in [0.1, 0.15) is 43.3 Å². The molecule has 1 heterocycles. The minimum Gasteiger partial charge on any atom is -0.493 e. The van der Waals surface area contributed by atoms with Crippen LogP contribution < -0.4 is 10.1 Å². The SMILES string of the molecule is Cc1oc(-c2ccccc2)nc1CCOc1ccc(CC(Nc2ccccc2C(=O)c2cccc(C=O)c2)C(=O)O)cc1. The van der Waals surface area contributed by atoms with Crippen molar-refractivity contribution in [1.29, 1.82) is 0 Å². The van der Waals surface area contributed by atoms with Crippen LogP contribution in [0, 0.1) is 6.92 Å². The van der Waals surface area contributed by atoms with Gasteiger partial charge in [0.2, 0.25) is 5.89 Å². The van der Waals surface area contributed by atoms with Gasteiger partial charge in [0.05, 0.1) is 12.3 Å². The molecule has 0 amide bonds. The zero-order valence-electron chi connectivity index (χ0n) is 23.5. The molecular formula is C35H30N2O6. The number of carbonyl (C=O) groups excluding carboxylic acids is 2. The van der Waals surface area contributed by atoms with Gasteiger partial charge in [-0.2, -0.15) is 0 Å². The summed E-state index contributed by atoms with van der Waals surface area (Å²) in [5, 5.41) is 13.0. The Balaban J connectivity index is 1.20. The summed E-state index contributed by atoms with van der Waals surface area (Å²) >= 11 is 0. The van der Waals surface area contributed by atoms with Gasteiger partial charge in [0.25, 0.3) is 0 Å². The standard InChI is InChI=1S/C35H30N2O6/c1-23-30(37-34(43-23)26-9-3-2-4-10-26)18-19-42-28-16-14-24(15-17-28)21-32(35(40)41)36-31-13-6-5-12-29(31)33(39)27-11-7-8-25(20-27)22-38/h2-17,20,22,32,36H,18-19,21H2,1H3,(H,40,41). The number of nitrogens with zero attached hydrogens (tertiary/aromatic N) is 1. The summed E-state index contributed by atoms with van der Waals surface area (Å²) in [7, 11) is 0. The lowest BCUT2D eigenvalue weighted by molar-refractivity contribution is -0.137. The number of aromatic nitrogens is 1. The first-order valence-corrected chi connectivity index (χ1v) is 13.8. The smallest absolute Gasteiger partial charge is 0.326 e. The Morgan fingerprint density at radius 1 is 0.953 bits per heavy atom. The molecule has 1 unspecified atom stereocenters. The van der Waals surface area contributed by atoms with E-state index in [9.17, 15) is 19.5 Å². The number of oxazole rings is 1. The van der Waals surface area contributed by atoms with Crippen molar-refractivity contribution >= 4 is 23.7 Å². The van der Waals surface area contributed by atoms with E-state index in [2.05, 4.69) is 10.3 Å².